The van der Waals surface area contributed by atoms with Gasteiger partial charge >= 0.3 is 0 Å². The molecule has 0 saturated carbocycles. The van der Waals surface area contributed by atoms with Gasteiger partial charge in [-0.2, -0.15) is 0 Å². The van der Waals surface area contributed by atoms with Crippen LogP contribution in [0.5, 0.6) is 0 Å². The zero-order valence-corrected chi connectivity index (χ0v) is 15.5. The minimum absolute atomic E-state index is 0.0592. The molecule has 0 radical (unpaired) electrons. The van der Waals surface area contributed by atoms with Crippen LogP contribution in [0.3, 0.4) is 0 Å². The summed E-state index contributed by atoms with van der Waals surface area (Å²) in [5.74, 6) is 0.622. The lowest BCUT2D eigenvalue weighted by molar-refractivity contribution is -0.117. The Balaban J connectivity index is 1.44. The molecule has 1 aromatic rings. The molecule has 1 aromatic carbocycles. The second kappa shape index (κ2) is 8.05. The van der Waals surface area contributed by atoms with Crippen LogP contribution in [0.25, 0.3) is 0 Å². The molecule has 0 bridgehead atoms. The molecule has 0 saturated heterocycles. The highest BCUT2D eigenvalue weighted by Crippen LogP contribution is 2.19. The number of carbonyl (C=O) groups excluding carboxylic acids is 1. The highest BCUT2D eigenvalue weighted by molar-refractivity contribution is 7.99. The van der Waals surface area contributed by atoms with Gasteiger partial charge in [0.2, 0.25) is 0 Å². The summed E-state index contributed by atoms with van der Waals surface area (Å²) in [4.78, 5) is 14.9. The molecule has 2 aliphatic rings. The van der Waals surface area contributed by atoms with E-state index in [0.29, 0.717) is 18.0 Å². The Morgan fingerprint density at radius 3 is 2.81 bits per heavy atom. The summed E-state index contributed by atoms with van der Waals surface area (Å²) in [6, 6.07) is 6.31. The van der Waals surface area contributed by atoms with Gasteiger partial charge in [0.05, 0.1) is 11.3 Å². The third-order valence-electron chi connectivity index (χ3n) is 3.78. The minimum Gasteiger partial charge on any atom is -0.352 e. The van der Waals surface area contributed by atoms with E-state index in [1.807, 2.05) is 0 Å². The summed E-state index contributed by atoms with van der Waals surface area (Å²) >= 11 is 1.60. The van der Waals surface area contributed by atoms with E-state index in [1.165, 1.54) is 18.2 Å². The zero-order chi connectivity index (χ0) is 18.6. The highest BCUT2D eigenvalue weighted by atomic mass is 32.2. The van der Waals surface area contributed by atoms with Gasteiger partial charge in [-0.15, -0.1) is 16.2 Å². The summed E-state index contributed by atoms with van der Waals surface area (Å²) in [6.07, 6.45) is 5.50. The Bertz CT molecular complexity index is 877. The van der Waals surface area contributed by atoms with E-state index in [4.69, 9.17) is 0 Å². The summed E-state index contributed by atoms with van der Waals surface area (Å²) in [6.45, 7) is 0.810. The molecule has 9 heteroatoms. The number of hydrogen-bond acceptors (Lipinski definition) is 5. The molecule has 0 spiro atoms. The fourth-order valence-electron chi connectivity index (χ4n) is 2.43. The summed E-state index contributed by atoms with van der Waals surface area (Å²) < 4.78 is 39.5. The monoisotopic (exact) mass is 395 g/mol. The lowest BCUT2D eigenvalue weighted by Crippen LogP contribution is -2.38. The van der Waals surface area contributed by atoms with Crippen LogP contribution in [0.1, 0.15) is 6.42 Å². The Hall–Kier alpha value is -2.13. The molecule has 3 rings (SSSR count). The number of sulfonamides is 1. The number of carbonyl (C=O) groups is 1. The molecule has 2 heterocycles. The van der Waals surface area contributed by atoms with Crippen molar-refractivity contribution in [3.63, 3.8) is 0 Å². The van der Waals surface area contributed by atoms with Crippen LogP contribution in [0, 0.1) is 5.82 Å². The predicted molar refractivity (Wildman–Crippen MR) is 99.9 cm³/mol. The predicted octanol–water partition coefficient (Wildman–Crippen LogP) is 1.92. The normalized spacial score (nSPS) is 18.0. The number of amides is 1. The Morgan fingerprint density at radius 2 is 2.04 bits per heavy atom. The maximum atomic E-state index is 12.8. The van der Waals surface area contributed by atoms with Crippen LogP contribution < -0.4 is 5.32 Å². The van der Waals surface area contributed by atoms with Gasteiger partial charge in [0.15, 0.2) is 0 Å². The second-order valence-electron chi connectivity index (χ2n) is 5.76. The van der Waals surface area contributed by atoms with Gasteiger partial charge in [-0.05, 0) is 48.6 Å². The van der Waals surface area contributed by atoms with Gasteiger partial charge in [-0.3, -0.25) is 4.79 Å². The number of thioether (sulfide) groups is 1. The topological polar surface area (TPSA) is 78.8 Å². The van der Waals surface area contributed by atoms with E-state index < -0.39 is 10.0 Å². The minimum atomic E-state index is -3.39. The number of nitrogens with one attached hydrogen (secondary N) is 1. The van der Waals surface area contributed by atoms with Crippen molar-refractivity contribution >= 4 is 33.5 Å². The van der Waals surface area contributed by atoms with Crippen LogP contribution in [-0.4, -0.2) is 49.7 Å². The SMILES string of the molecule is O=C(NCCCSc1ccc(F)cc1)C1=CN2CCS(=O)(=O)N=C2C=C1. The molecule has 1 N–H and O–H groups in total. The average molecular weight is 395 g/mol. The van der Waals surface area contributed by atoms with Crippen molar-refractivity contribution < 1.29 is 17.6 Å². The van der Waals surface area contributed by atoms with Crippen LogP contribution in [0.15, 0.2) is 57.5 Å². The molecule has 0 fully saturated rings. The number of hydrogen-bond donors (Lipinski definition) is 1. The molecule has 0 aromatic heterocycles. The first-order chi connectivity index (χ1) is 12.4. The van der Waals surface area contributed by atoms with Crippen molar-refractivity contribution in [2.24, 2.45) is 4.40 Å². The van der Waals surface area contributed by atoms with Crippen LogP contribution in [0.2, 0.25) is 0 Å². The molecule has 0 atom stereocenters. The van der Waals surface area contributed by atoms with E-state index in [0.717, 1.165) is 17.1 Å². The van der Waals surface area contributed by atoms with Gasteiger partial charge in [0, 0.05) is 24.2 Å². The fraction of sp³-hybridized carbons (Fsp3) is 0.294. The molecular weight excluding hydrogens is 377 g/mol. The highest BCUT2D eigenvalue weighted by Gasteiger charge is 2.24. The van der Waals surface area contributed by atoms with E-state index in [2.05, 4.69) is 9.71 Å². The first kappa shape index (κ1) is 18.7. The molecule has 2 aliphatic heterocycles. The number of halogens is 1. The molecule has 26 heavy (non-hydrogen) atoms. The quantitative estimate of drug-likeness (QED) is 0.588. The van der Waals surface area contributed by atoms with Crippen LogP contribution >= 0.6 is 11.8 Å². The molecule has 0 aliphatic carbocycles. The van der Waals surface area contributed by atoms with E-state index >= 15 is 0 Å². The number of nitrogens with zero attached hydrogens (tertiary/aromatic N) is 2. The summed E-state index contributed by atoms with van der Waals surface area (Å²) in [5.41, 5.74) is 0.467. The van der Waals surface area contributed by atoms with Gasteiger partial charge in [0.1, 0.15) is 11.7 Å². The lowest BCUT2D eigenvalue weighted by Gasteiger charge is -2.26. The molecule has 0 unspecified atom stereocenters. The van der Waals surface area contributed by atoms with Crippen molar-refractivity contribution in [2.75, 3.05) is 24.6 Å². The third kappa shape index (κ3) is 4.95. The molecule has 138 valence electrons. The van der Waals surface area contributed by atoms with Crippen molar-refractivity contribution in [3.8, 4) is 0 Å². The second-order valence-corrected chi connectivity index (χ2v) is 8.68. The molecule has 1 amide bonds. The Kier molecular flexibility index (Phi) is 5.77. The molecule has 6 nitrogen and oxygen atoms in total. The maximum absolute atomic E-state index is 12.8. The largest absolute Gasteiger partial charge is 0.352 e. The Morgan fingerprint density at radius 1 is 1.27 bits per heavy atom. The number of rotatable bonds is 6. The third-order valence-corrected chi connectivity index (χ3v) is 6.04. The van der Waals surface area contributed by atoms with Crippen molar-refractivity contribution in [1.82, 2.24) is 10.2 Å². The summed E-state index contributed by atoms with van der Waals surface area (Å²) in [5, 5.41) is 2.84. The van der Waals surface area contributed by atoms with Crippen molar-refractivity contribution in [3.05, 3.63) is 54.0 Å². The van der Waals surface area contributed by atoms with Gasteiger partial charge in [-0.1, -0.05) is 0 Å². The average Bonchev–Trinajstić information content (AvgIpc) is 2.61. The standard InChI is InChI=1S/C17H18FN3O3S2/c18-14-3-5-15(6-4-14)25-10-1-8-19-17(22)13-2-7-16-20-26(23,24)11-9-21(16)12-13/h2-7,12H,1,8-11H2,(H,19,22). The van der Waals surface area contributed by atoms with Gasteiger partial charge in [-0.25, -0.2) is 12.8 Å². The van der Waals surface area contributed by atoms with Gasteiger partial charge in [0.25, 0.3) is 15.9 Å². The van der Waals surface area contributed by atoms with Gasteiger partial charge < -0.3 is 10.2 Å². The Labute approximate surface area is 155 Å². The molecular formula is C17H18FN3O3S2. The van der Waals surface area contributed by atoms with E-state index in [-0.39, 0.29) is 24.0 Å². The van der Waals surface area contributed by atoms with Crippen molar-refractivity contribution in [1.29, 1.82) is 0 Å². The van der Waals surface area contributed by atoms with Crippen LogP contribution in [0.4, 0.5) is 4.39 Å². The first-order valence-corrected chi connectivity index (χ1v) is 10.7. The van der Waals surface area contributed by atoms with E-state index in [1.54, 1.807) is 41.1 Å². The summed E-state index contributed by atoms with van der Waals surface area (Å²) in [7, 11) is -3.39. The fourth-order valence-corrected chi connectivity index (χ4v) is 4.25. The smallest absolute Gasteiger partial charge is 0.256 e. The number of fused-ring (bicyclic) bond motifs is 1. The lowest BCUT2D eigenvalue weighted by atomic mass is 10.2. The van der Waals surface area contributed by atoms with Crippen molar-refractivity contribution in [2.45, 2.75) is 11.3 Å². The zero-order valence-electron chi connectivity index (χ0n) is 13.9. The number of benzene rings is 1. The van der Waals surface area contributed by atoms with E-state index in [9.17, 15) is 17.6 Å². The first-order valence-electron chi connectivity index (χ1n) is 8.09. The number of amidine groups is 1. The van der Waals surface area contributed by atoms with Crippen LogP contribution in [-0.2, 0) is 14.8 Å². The maximum Gasteiger partial charge on any atom is 0.256 e.